The molecule has 15 heavy (non-hydrogen) atoms. The van der Waals surface area contributed by atoms with Gasteiger partial charge in [0.1, 0.15) is 0 Å². The number of hydrogen-bond acceptors (Lipinski definition) is 0. The molecule has 2 aromatic rings. The Kier molecular flexibility index (Phi) is 2.74. The fraction of sp³-hybridized carbons (Fsp3) is 0.200. The predicted octanol–water partition coefficient (Wildman–Crippen LogP) is 3.82. The van der Waals surface area contributed by atoms with Crippen molar-refractivity contribution in [2.75, 3.05) is 0 Å². The van der Waals surface area contributed by atoms with Crippen LogP contribution in [0.4, 0.5) is 0 Å². The van der Waals surface area contributed by atoms with Crippen molar-refractivity contribution in [2.24, 2.45) is 0 Å². The molecule has 0 saturated heterocycles. The Balaban J connectivity index is 2.59. The van der Waals surface area contributed by atoms with E-state index in [-0.39, 0.29) is 0 Å². The first-order valence-corrected chi connectivity index (χ1v) is 5.30. The van der Waals surface area contributed by atoms with E-state index < -0.39 is 0 Å². The van der Waals surface area contributed by atoms with Gasteiger partial charge < -0.3 is 0 Å². The minimum Gasteiger partial charge on any atom is -0.0699 e. The van der Waals surface area contributed by atoms with Gasteiger partial charge in [-0.2, -0.15) is 0 Å². The maximum Gasteiger partial charge on any atom is 0.00715 e. The topological polar surface area (TPSA) is 0 Å². The van der Waals surface area contributed by atoms with Crippen LogP contribution in [-0.4, -0.2) is 0 Å². The fourth-order valence-corrected chi connectivity index (χ4v) is 1.85. The minimum atomic E-state index is 1.06. The van der Waals surface area contributed by atoms with E-state index in [0.717, 1.165) is 6.42 Å². The summed E-state index contributed by atoms with van der Waals surface area (Å²) in [6.45, 7) is 4.27. The first-order valence-electron chi connectivity index (χ1n) is 5.30. The Morgan fingerprint density at radius 3 is 2.60 bits per heavy atom. The van der Waals surface area contributed by atoms with Gasteiger partial charge in [0, 0.05) is 5.56 Å². The maximum atomic E-state index is 3.12. The molecule has 2 aromatic carbocycles. The summed E-state index contributed by atoms with van der Waals surface area (Å²) >= 11 is 0. The average molecular weight is 194 g/mol. The minimum absolute atomic E-state index is 1.06. The molecule has 0 N–H and O–H groups in total. The monoisotopic (exact) mass is 194 g/mol. The molecule has 0 aromatic heterocycles. The highest BCUT2D eigenvalue weighted by molar-refractivity contribution is 5.69. The standard InChI is InChI=1S/C15H14/c1-3-13-9-5-7-11-15(13)14-10-6-4-8-12(14)2/h5-7,9-11H,3H2,1-2H3. The van der Waals surface area contributed by atoms with Gasteiger partial charge in [0.05, 0.1) is 0 Å². The highest BCUT2D eigenvalue weighted by Gasteiger charge is 2.04. The van der Waals surface area contributed by atoms with Crippen LogP contribution in [0.15, 0.2) is 36.4 Å². The fourth-order valence-electron chi connectivity index (χ4n) is 1.85. The molecular formula is C15H14. The van der Waals surface area contributed by atoms with Crippen LogP contribution in [0.25, 0.3) is 11.1 Å². The average Bonchev–Trinajstić information content (AvgIpc) is 2.30. The second kappa shape index (κ2) is 4.19. The van der Waals surface area contributed by atoms with Crippen molar-refractivity contribution in [2.45, 2.75) is 20.3 Å². The van der Waals surface area contributed by atoms with Crippen molar-refractivity contribution in [3.05, 3.63) is 59.7 Å². The Bertz CT molecular complexity index is 455. The second-order valence-corrected chi connectivity index (χ2v) is 3.65. The van der Waals surface area contributed by atoms with E-state index in [2.05, 4.69) is 56.3 Å². The maximum absolute atomic E-state index is 3.12. The molecule has 0 spiro atoms. The quantitative estimate of drug-likeness (QED) is 0.681. The van der Waals surface area contributed by atoms with E-state index in [4.69, 9.17) is 0 Å². The molecule has 0 bridgehead atoms. The molecule has 0 heterocycles. The second-order valence-electron chi connectivity index (χ2n) is 3.65. The molecule has 2 rings (SSSR count). The normalized spacial score (nSPS) is 9.73. The summed E-state index contributed by atoms with van der Waals surface area (Å²) in [6.07, 6.45) is 1.06. The smallest absolute Gasteiger partial charge is 0.00715 e. The highest BCUT2D eigenvalue weighted by Crippen LogP contribution is 2.25. The Morgan fingerprint density at radius 2 is 1.87 bits per heavy atom. The molecule has 0 saturated carbocycles. The molecule has 0 nitrogen and oxygen atoms in total. The van der Waals surface area contributed by atoms with Gasteiger partial charge in [-0.1, -0.05) is 43.3 Å². The lowest BCUT2D eigenvalue weighted by Gasteiger charge is -2.08. The zero-order chi connectivity index (χ0) is 10.7. The lowest BCUT2D eigenvalue weighted by Crippen LogP contribution is -1.88. The number of hydrogen-bond donors (Lipinski definition) is 0. The van der Waals surface area contributed by atoms with Crippen LogP contribution in [0.1, 0.15) is 18.1 Å². The van der Waals surface area contributed by atoms with Gasteiger partial charge >= 0.3 is 0 Å². The van der Waals surface area contributed by atoms with Crippen molar-refractivity contribution < 1.29 is 0 Å². The van der Waals surface area contributed by atoms with E-state index in [1.54, 1.807) is 0 Å². The third kappa shape index (κ3) is 1.87. The number of benzene rings is 1. The molecule has 0 radical (unpaired) electrons. The summed E-state index contributed by atoms with van der Waals surface area (Å²) < 4.78 is 0. The molecule has 0 aliphatic carbocycles. The predicted molar refractivity (Wildman–Crippen MR) is 63.7 cm³/mol. The van der Waals surface area contributed by atoms with E-state index in [1.807, 2.05) is 6.07 Å². The highest BCUT2D eigenvalue weighted by atomic mass is 14.1. The summed E-state index contributed by atoms with van der Waals surface area (Å²) in [4.78, 5) is 0. The van der Waals surface area contributed by atoms with Crippen molar-refractivity contribution in [1.29, 1.82) is 0 Å². The molecule has 0 heteroatoms. The Hall–Kier alpha value is -1.74. The summed E-state index contributed by atoms with van der Waals surface area (Å²) in [7, 11) is 0. The zero-order valence-electron chi connectivity index (χ0n) is 9.17. The largest absolute Gasteiger partial charge is 0.0699 e. The zero-order valence-corrected chi connectivity index (χ0v) is 9.17. The van der Waals surface area contributed by atoms with Gasteiger partial charge in [0.25, 0.3) is 0 Å². The molecule has 0 aliphatic heterocycles. The van der Waals surface area contributed by atoms with Crippen molar-refractivity contribution in [1.82, 2.24) is 0 Å². The van der Waals surface area contributed by atoms with E-state index in [1.165, 1.54) is 22.3 Å². The van der Waals surface area contributed by atoms with E-state index >= 15 is 0 Å². The molecule has 74 valence electrons. The van der Waals surface area contributed by atoms with Gasteiger partial charge in [-0.05, 0) is 42.2 Å². The van der Waals surface area contributed by atoms with Gasteiger partial charge in [-0.25, -0.2) is 0 Å². The van der Waals surface area contributed by atoms with E-state index in [0.29, 0.717) is 0 Å². The molecule has 0 aliphatic rings. The SMILES string of the molecule is CCc1ccccc1-c1ccc#cc1C. The van der Waals surface area contributed by atoms with Gasteiger partial charge in [0.15, 0.2) is 0 Å². The van der Waals surface area contributed by atoms with Crippen LogP contribution >= 0.6 is 0 Å². The van der Waals surface area contributed by atoms with Gasteiger partial charge in [-0.15, -0.1) is 0 Å². The van der Waals surface area contributed by atoms with Crippen molar-refractivity contribution in [3.8, 4) is 11.1 Å². The van der Waals surface area contributed by atoms with Crippen LogP contribution in [-0.2, 0) is 6.42 Å². The summed E-state index contributed by atoms with van der Waals surface area (Å²) in [5.41, 5.74) is 5.15. The lowest BCUT2D eigenvalue weighted by molar-refractivity contribution is 1.14. The molecule has 0 atom stereocenters. The van der Waals surface area contributed by atoms with Crippen LogP contribution in [0.5, 0.6) is 0 Å². The first kappa shape index (κ1) is 9.80. The molecule has 0 fully saturated rings. The van der Waals surface area contributed by atoms with Crippen molar-refractivity contribution in [3.63, 3.8) is 0 Å². The van der Waals surface area contributed by atoms with Gasteiger partial charge in [0.2, 0.25) is 0 Å². The van der Waals surface area contributed by atoms with Crippen LogP contribution < -0.4 is 0 Å². The summed E-state index contributed by atoms with van der Waals surface area (Å²) in [5, 5.41) is 0. The van der Waals surface area contributed by atoms with Crippen molar-refractivity contribution >= 4 is 0 Å². The summed E-state index contributed by atoms with van der Waals surface area (Å²) in [6, 6.07) is 18.7. The van der Waals surface area contributed by atoms with Crippen LogP contribution in [0.3, 0.4) is 0 Å². The third-order valence-corrected chi connectivity index (χ3v) is 2.69. The van der Waals surface area contributed by atoms with Gasteiger partial charge in [-0.3, -0.25) is 0 Å². The van der Waals surface area contributed by atoms with Crippen LogP contribution in [0.2, 0.25) is 0 Å². The molecule has 0 unspecified atom stereocenters. The lowest BCUT2D eigenvalue weighted by atomic mass is 9.96. The molecular weight excluding hydrogens is 180 g/mol. The third-order valence-electron chi connectivity index (χ3n) is 2.69. The molecule has 0 amide bonds. The first-order chi connectivity index (χ1) is 7.33. The Labute approximate surface area is 91.6 Å². The summed E-state index contributed by atoms with van der Waals surface area (Å²) in [5.74, 6) is 0. The van der Waals surface area contributed by atoms with E-state index in [9.17, 15) is 0 Å². The number of rotatable bonds is 2. The Morgan fingerprint density at radius 1 is 1.07 bits per heavy atom. The van der Waals surface area contributed by atoms with Crippen LogP contribution in [0, 0.1) is 19.1 Å². The number of aryl methyl sites for hydroxylation is 1.